The highest BCUT2D eigenvalue weighted by atomic mass is 16.4. The van der Waals surface area contributed by atoms with Crippen LogP contribution in [-0.4, -0.2) is 126 Å². The lowest BCUT2D eigenvalue weighted by Crippen LogP contribution is -2.57. The molecule has 0 aliphatic carbocycles. The Balaban J connectivity index is 5.11. The Bertz CT molecular complexity index is 1310. The van der Waals surface area contributed by atoms with Crippen LogP contribution in [0.1, 0.15) is 74.7 Å². The second-order valence-corrected chi connectivity index (χ2v) is 14.2. The number of carboxylic acid groups (broad SMARTS) is 1. The normalized spacial score (nSPS) is 14.4. The SMILES string of the molecule is CC[C@H](C)[C@H](N)C(=O)N[C@H](C(=O)NCC(=O)N[C@@H](CC(C)C)C(=O)NCC(=O)NCC(=O)N[C@@H](CO)C(=O)N[C@@H](CC(C)C)C(=O)NCC(=O)O)C(C)C. The molecule has 54 heavy (non-hydrogen) atoms. The van der Waals surface area contributed by atoms with Gasteiger partial charge in [-0.15, -0.1) is 0 Å². The number of hydrogen-bond donors (Lipinski definition) is 11. The van der Waals surface area contributed by atoms with Gasteiger partial charge in [-0.1, -0.05) is 61.8 Å². The second kappa shape index (κ2) is 25.2. The molecule has 0 bridgehead atoms. The van der Waals surface area contributed by atoms with Gasteiger partial charge < -0.3 is 58.5 Å². The summed E-state index contributed by atoms with van der Waals surface area (Å²) in [4.78, 5) is 112. The third kappa shape index (κ3) is 19.8. The second-order valence-electron chi connectivity index (χ2n) is 14.2. The minimum absolute atomic E-state index is 0.0696. The van der Waals surface area contributed by atoms with E-state index in [1.54, 1.807) is 41.5 Å². The van der Waals surface area contributed by atoms with Crippen molar-refractivity contribution in [3.05, 3.63) is 0 Å². The molecular formula is C34H61N9O11. The summed E-state index contributed by atoms with van der Waals surface area (Å²) < 4.78 is 0. The summed E-state index contributed by atoms with van der Waals surface area (Å²) in [5, 5.41) is 37.5. The molecule has 0 saturated carbocycles. The van der Waals surface area contributed by atoms with Crippen molar-refractivity contribution in [3.8, 4) is 0 Å². The van der Waals surface area contributed by atoms with Crippen LogP contribution in [0.2, 0.25) is 0 Å². The number of nitrogens with one attached hydrogen (secondary N) is 8. The number of hydrogen-bond acceptors (Lipinski definition) is 11. The first-order valence-electron chi connectivity index (χ1n) is 18.0. The minimum atomic E-state index is -1.51. The van der Waals surface area contributed by atoms with Crippen LogP contribution < -0.4 is 48.3 Å². The van der Waals surface area contributed by atoms with E-state index in [-0.39, 0.29) is 36.5 Å². The molecule has 20 heteroatoms. The lowest BCUT2D eigenvalue weighted by Gasteiger charge is -2.25. The maximum atomic E-state index is 12.9. The summed E-state index contributed by atoms with van der Waals surface area (Å²) in [7, 11) is 0. The van der Waals surface area contributed by atoms with Crippen molar-refractivity contribution in [2.24, 2.45) is 29.4 Å². The molecule has 12 N–H and O–H groups in total. The van der Waals surface area contributed by atoms with Gasteiger partial charge in [0.2, 0.25) is 47.3 Å². The van der Waals surface area contributed by atoms with Gasteiger partial charge in [-0.25, -0.2) is 0 Å². The Morgan fingerprint density at radius 1 is 0.537 bits per heavy atom. The Kier molecular flexibility index (Phi) is 23.0. The Morgan fingerprint density at radius 2 is 0.981 bits per heavy atom. The zero-order valence-electron chi connectivity index (χ0n) is 32.5. The molecule has 0 heterocycles. The highest BCUT2D eigenvalue weighted by Crippen LogP contribution is 2.09. The van der Waals surface area contributed by atoms with Gasteiger partial charge in [0.25, 0.3) is 0 Å². The van der Waals surface area contributed by atoms with Crippen molar-refractivity contribution < 1.29 is 53.4 Å². The molecule has 8 amide bonds. The van der Waals surface area contributed by atoms with Gasteiger partial charge in [0.1, 0.15) is 30.7 Å². The number of carbonyl (C=O) groups is 9. The molecule has 0 fully saturated rings. The van der Waals surface area contributed by atoms with Gasteiger partial charge in [-0.2, -0.15) is 0 Å². The molecular weight excluding hydrogens is 710 g/mol. The van der Waals surface area contributed by atoms with E-state index in [0.717, 1.165) is 0 Å². The topological polar surface area (TPSA) is 316 Å². The van der Waals surface area contributed by atoms with Gasteiger partial charge in [0, 0.05) is 0 Å². The van der Waals surface area contributed by atoms with E-state index < -0.39 is 116 Å². The van der Waals surface area contributed by atoms with Gasteiger partial charge in [0.05, 0.1) is 32.3 Å². The maximum absolute atomic E-state index is 12.9. The summed E-state index contributed by atoms with van der Waals surface area (Å²) in [6, 6.07) is -5.53. The van der Waals surface area contributed by atoms with Crippen molar-refractivity contribution in [3.63, 3.8) is 0 Å². The molecule has 308 valence electrons. The first-order valence-corrected chi connectivity index (χ1v) is 18.0. The molecule has 6 atom stereocenters. The molecule has 0 spiro atoms. The van der Waals surface area contributed by atoms with Crippen molar-refractivity contribution in [1.82, 2.24) is 42.5 Å². The molecule has 20 nitrogen and oxygen atoms in total. The Labute approximate surface area is 316 Å². The number of nitrogens with two attached hydrogens (primary N) is 1. The number of rotatable bonds is 25. The summed E-state index contributed by atoms with van der Waals surface area (Å²) in [6.07, 6.45) is 0.980. The van der Waals surface area contributed by atoms with Gasteiger partial charge in [-0.3, -0.25) is 43.2 Å². The highest BCUT2D eigenvalue weighted by molar-refractivity contribution is 5.96. The predicted octanol–water partition coefficient (Wildman–Crippen LogP) is -3.41. The fraction of sp³-hybridized carbons (Fsp3) is 0.735. The monoisotopic (exact) mass is 771 g/mol. The molecule has 0 radical (unpaired) electrons. The third-order valence-corrected chi connectivity index (χ3v) is 8.05. The Hall–Kier alpha value is -4.85. The largest absolute Gasteiger partial charge is 0.480 e. The van der Waals surface area contributed by atoms with E-state index in [1.807, 2.05) is 13.8 Å². The lowest BCUT2D eigenvalue weighted by atomic mass is 9.97. The van der Waals surface area contributed by atoms with E-state index in [9.17, 15) is 48.3 Å². The number of aliphatic carboxylic acids is 1. The fourth-order valence-electron chi connectivity index (χ4n) is 4.76. The Morgan fingerprint density at radius 3 is 1.44 bits per heavy atom. The van der Waals surface area contributed by atoms with E-state index in [1.165, 1.54) is 0 Å². The number of aliphatic hydroxyl groups excluding tert-OH is 1. The quantitative estimate of drug-likeness (QED) is 0.0433. The minimum Gasteiger partial charge on any atom is -0.480 e. The molecule has 0 aliphatic rings. The average Bonchev–Trinajstić information content (AvgIpc) is 3.09. The van der Waals surface area contributed by atoms with Crippen LogP contribution >= 0.6 is 0 Å². The van der Waals surface area contributed by atoms with E-state index in [4.69, 9.17) is 10.8 Å². The predicted molar refractivity (Wildman–Crippen MR) is 196 cm³/mol. The summed E-state index contributed by atoms with van der Waals surface area (Å²) in [5.41, 5.74) is 5.98. The first-order chi connectivity index (χ1) is 25.1. The van der Waals surface area contributed by atoms with E-state index in [0.29, 0.717) is 6.42 Å². The molecule has 0 aliphatic heterocycles. The maximum Gasteiger partial charge on any atom is 0.322 e. The van der Waals surface area contributed by atoms with Crippen LogP contribution in [0.25, 0.3) is 0 Å². The fourth-order valence-corrected chi connectivity index (χ4v) is 4.76. The van der Waals surface area contributed by atoms with Crippen molar-refractivity contribution in [2.45, 2.75) is 105 Å². The standard InChI is InChI=1S/C34H61N9O11/c1-9-20(8)28(35)33(53)43-29(19(6)7)34(54)38-14-26(47)40-21(10-17(2)3)30(50)37-12-24(45)36-13-25(46)41-23(16-44)32(52)42-22(11-18(4)5)31(51)39-15-27(48)49/h17-23,28-29,44H,9-16,35H2,1-8H3,(H,36,45)(H,37,50)(H,38,54)(H,39,51)(H,40,47)(H,41,46)(H,42,52)(H,43,53)(H,48,49)/t20-,21-,22-,23-,28-,29-/m0/s1. The molecule has 0 aromatic rings. The van der Waals surface area contributed by atoms with Crippen LogP contribution in [0, 0.1) is 23.7 Å². The van der Waals surface area contributed by atoms with Crippen LogP contribution in [0.15, 0.2) is 0 Å². The van der Waals surface area contributed by atoms with Crippen LogP contribution in [0.5, 0.6) is 0 Å². The molecule has 0 rings (SSSR count). The smallest absolute Gasteiger partial charge is 0.322 e. The zero-order valence-corrected chi connectivity index (χ0v) is 32.5. The molecule has 0 aromatic carbocycles. The zero-order chi connectivity index (χ0) is 41.7. The van der Waals surface area contributed by atoms with Crippen LogP contribution in [0.4, 0.5) is 0 Å². The van der Waals surface area contributed by atoms with Crippen LogP contribution in [0.3, 0.4) is 0 Å². The average molecular weight is 772 g/mol. The highest BCUT2D eigenvalue weighted by Gasteiger charge is 2.30. The molecule has 0 unspecified atom stereocenters. The van der Waals surface area contributed by atoms with Crippen molar-refractivity contribution in [1.29, 1.82) is 0 Å². The van der Waals surface area contributed by atoms with Gasteiger partial charge >= 0.3 is 5.97 Å². The third-order valence-electron chi connectivity index (χ3n) is 8.05. The summed E-state index contributed by atoms with van der Waals surface area (Å²) in [6.45, 7) is 11.0. The van der Waals surface area contributed by atoms with Crippen molar-refractivity contribution >= 4 is 53.2 Å². The number of carboxylic acids is 1. The van der Waals surface area contributed by atoms with Crippen molar-refractivity contribution in [2.75, 3.05) is 32.8 Å². The van der Waals surface area contributed by atoms with Gasteiger partial charge in [-0.05, 0) is 36.5 Å². The van der Waals surface area contributed by atoms with E-state index in [2.05, 4.69) is 42.5 Å². The lowest BCUT2D eigenvalue weighted by molar-refractivity contribution is -0.138. The number of aliphatic hydroxyl groups is 1. The molecule has 0 saturated heterocycles. The number of amides is 8. The van der Waals surface area contributed by atoms with E-state index >= 15 is 0 Å². The van der Waals surface area contributed by atoms with Gasteiger partial charge in [0.15, 0.2) is 0 Å². The van der Waals surface area contributed by atoms with Crippen LogP contribution in [-0.2, 0) is 43.2 Å². The first kappa shape index (κ1) is 49.1. The number of carbonyl (C=O) groups excluding carboxylic acids is 8. The summed E-state index contributed by atoms with van der Waals surface area (Å²) in [5.74, 6) is -7.77. The summed E-state index contributed by atoms with van der Waals surface area (Å²) >= 11 is 0. The molecule has 0 aromatic heterocycles.